The molecule has 5 heteroatoms. The molecule has 16 heavy (non-hydrogen) atoms. The van der Waals surface area contributed by atoms with E-state index in [4.69, 9.17) is 21.2 Å². The molecule has 0 saturated heterocycles. The zero-order valence-electron chi connectivity index (χ0n) is 8.02. The average Bonchev–Trinajstić information content (AvgIpc) is 2.71. The fourth-order valence-corrected chi connectivity index (χ4v) is 1.71. The minimum absolute atomic E-state index is 0.483. The molecule has 0 amide bonds. The van der Waals surface area contributed by atoms with Crippen molar-refractivity contribution in [2.75, 3.05) is 0 Å². The Hall–Kier alpha value is -1.26. The molecule has 1 N–H and O–H groups in total. The molecule has 0 radical (unpaired) electrons. The van der Waals surface area contributed by atoms with Crippen LogP contribution in [-0.2, 0) is 0 Å². The van der Waals surface area contributed by atoms with Gasteiger partial charge in [-0.2, -0.15) is 0 Å². The van der Waals surface area contributed by atoms with Crippen LogP contribution in [0.5, 0.6) is 0 Å². The van der Waals surface area contributed by atoms with Crippen LogP contribution in [-0.4, -0.2) is 11.4 Å². The predicted molar refractivity (Wildman–Crippen MR) is 66.2 cm³/mol. The summed E-state index contributed by atoms with van der Waals surface area (Å²) < 4.78 is 6.26. The Morgan fingerprint density at radius 3 is 2.81 bits per heavy atom. The summed E-state index contributed by atoms with van der Waals surface area (Å²) >= 11 is 9.29. The van der Waals surface area contributed by atoms with Crippen molar-refractivity contribution in [3.8, 4) is 11.3 Å². The van der Waals surface area contributed by atoms with E-state index in [1.807, 2.05) is 12.1 Å². The SMILES string of the molecule is O/N=C\c1ccc(-c2ccc(Br)c(Cl)c2)o1. The first kappa shape index (κ1) is 11.2. The number of hydrogen-bond acceptors (Lipinski definition) is 3. The van der Waals surface area contributed by atoms with Crippen LogP contribution < -0.4 is 0 Å². The fourth-order valence-electron chi connectivity index (χ4n) is 1.28. The number of benzene rings is 1. The molecule has 82 valence electrons. The third kappa shape index (κ3) is 2.28. The molecule has 3 nitrogen and oxygen atoms in total. The van der Waals surface area contributed by atoms with E-state index in [2.05, 4.69) is 21.1 Å². The number of rotatable bonds is 2. The average molecular weight is 301 g/mol. The maximum atomic E-state index is 8.36. The molecule has 0 bridgehead atoms. The molecule has 0 spiro atoms. The Bertz CT molecular complexity index is 537. The van der Waals surface area contributed by atoms with Crippen LogP contribution in [0, 0.1) is 0 Å². The van der Waals surface area contributed by atoms with Gasteiger partial charge in [-0.1, -0.05) is 22.8 Å². The van der Waals surface area contributed by atoms with E-state index < -0.39 is 0 Å². The third-order valence-corrected chi connectivity index (χ3v) is 3.25. The van der Waals surface area contributed by atoms with Gasteiger partial charge in [0.05, 0.1) is 5.02 Å². The smallest absolute Gasteiger partial charge is 0.149 e. The van der Waals surface area contributed by atoms with Crippen molar-refractivity contribution in [3.05, 3.63) is 45.6 Å². The van der Waals surface area contributed by atoms with Gasteiger partial charge in [-0.05, 0) is 40.2 Å². The van der Waals surface area contributed by atoms with Crippen molar-refractivity contribution in [2.45, 2.75) is 0 Å². The van der Waals surface area contributed by atoms with Gasteiger partial charge in [0.2, 0.25) is 0 Å². The van der Waals surface area contributed by atoms with Crippen molar-refractivity contribution in [3.63, 3.8) is 0 Å². The number of nitrogens with zero attached hydrogens (tertiary/aromatic N) is 1. The van der Waals surface area contributed by atoms with Crippen LogP contribution in [0.2, 0.25) is 5.02 Å². The van der Waals surface area contributed by atoms with E-state index in [-0.39, 0.29) is 0 Å². The largest absolute Gasteiger partial charge is 0.455 e. The Morgan fingerprint density at radius 1 is 1.31 bits per heavy atom. The highest BCUT2D eigenvalue weighted by Gasteiger charge is 2.05. The number of hydrogen-bond donors (Lipinski definition) is 1. The number of halogens is 2. The highest BCUT2D eigenvalue weighted by Crippen LogP contribution is 2.29. The summed E-state index contributed by atoms with van der Waals surface area (Å²) in [5, 5.41) is 11.9. The summed E-state index contributed by atoms with van der Waals surface area (Å²) in [7, 11) is 0. The summed E-state index contributed by atoms with van der Waals surface area (Å²) in [5.41, 5.74) is 0.866. The van der Waals surface area contributed by atoms with Crippen molar-refractivity contribution in [1.82, 2.24) is 0 Å². The van der Waals surface area contributed by atoms with Crippen LogP contribution in [0.1, 0.15) is 5.76 Å². The van der Waals surface area contributed by atoms with E-state index in [0.29, 0.717) is 16.5 Å². The predicted octanol–water partition coefficient (Wildman–Crippen LogP) is 4.17. The maximum absolute atomic E-state index is 8.36. The molecule has 1 heterocycles. The summed E-state index contributed by atoms with van der Waals surface area (Å²) in [6.45, 7) is 0. The zero-order chi connectivity index (χ0) is 11.5. The Labute approximate surface area is 105 Å². The Kier molecular flexibility index (Phi) is 3.31. The zero-order valence-corrected chi connectivity index (χ0v) is 10.4. The summed E-state index contributed by atoms with van der Waals surface area (Å²) in [5.74, 6) is 1.15. The van der Waals surface area contributed by atoms with E-state index in [1.54, 1.807) is 18.2 Å². The van der Waals surface area contributed by atoms with Gasteiger partial charge in [0.25, 0.3) is 0 Å². The second-order valence-corrected chi connectivity index (χ2v) is 4.34. The van der Waals surface area contributed by atoms with Gasteiger partial charge in [-0.15, -0.1) is 0 Å². The van der Waals surface area contributed by atoms with Crippen LogP contribution >= 0.6 is 27.5 Å². The highest BCUT2D eigenvalue weighted by atomic mass is 79.9. The van der Waals surface area contributed by atoms with Gasteiger partial charge in [0.1, 0.15) is 17.7 Å². The number of furan rings is 1. The van der Waals surface area contributed by atoms with E-state index >= 15 is 0 Å². The lowest BCUT2D eigenvalue weighted by atomic mass is 10.2. The molecule has 2 rings (SSSR count). The van der Waals surface area contributed by atoms with Crippen LogP contribution in [0.3, 0.4) is 0 Å². The van der Waals surface area contributed by atoms with Gasteiger partial charge in [0.15, 0.2) is 0 Å². The number of oxime groups is 1. The first-order valence-electron chi connectivity index (χ1n) is 4.43. The second kappa shape index (κ2) is 4.72. The minimum atomic E-state index is 0.483. The summed E-state index contributed by atoms with van der Waals surface area (Å²) in [6.07, 6.45) is 1.23. The summed E-state index contributed by atoms with van der Waals surface area (Å²) in [4.78, 5) is 0. The van der Waals surface area contributed by atoms with Gasteiger partial charge < -0.3 is 9.62 Å². The van der Waals surface area contributed by atoms with E-state index in [1.165, 1.54) is 6.21 Å². The third-order valence-electron chi connectivity index (χ3n) is 2.02. The van der Waals surface area contributed by atoms with Crippen LogP contribution in [0.25, 0.3) is 11.3 Å². The molecule has 0 fully saturated rings. The lowest BCUT2D eigenvalue weighted by molar-refractivity contribution is 0.321. The summed E-state index contributed by atoms with van der Waals surface area (Å²) in [6, 6.07) is 9.03. The molecule has 0 aliphatic carbocycles. The van der Waals surface area contributed by atoms with E-state index in [0.717, 1.165) is 10.0 Å². The van der Waals surface area contributed by atoms with Crippen LogP contribution in [0.4, 0.5) is 0 Å². The maximum Gasteiger partial charge on any atom is 0.149 e. The first-order chi connectivity index (χ1) is 7.70. The fraction of sp³-hybridized carbons (Fsp3) is 0. The molecule has 2 aromatic rings. The van der Waals surface area contributed by atoms with Gasteiger partial charge >= 0.3 is 0 Å². The normalized spacial score (nSPS) is 11.1. The quantitative estimate of drug-likeness (QED) is 0.514. The second-order valence-electron chi connectivity index (χ2n) is 3.08. The molecule has 1 aromatic carbocycles. The van der Waals surface area contributed by atoms with Crippen molar-refractivity contribution < 1.29 is 9.62 Å². The molecule has 0 atom stereocenters. The minimum Gasteiger partial charge on any atom is -0.455 e. The molecule has 0 aliphatic rings. The van der Waals surface area contributed by atoms with E-state index in [9.17, 15) is 0 Å². The molecular formula is C11H7BrClNO2. The molecule has 0 saturated carbocycles. The van der Waals surface area contributed by atoms with Crippen molar-refractivity contribution >= 4 is 33.7 Å². The topological polar surface area (TPSA) is 45.7 Å². The first-order valence-corrected chi connectivity index (χ1v) is 5.60. The molecular weight excluding hydrogens is 293 g/mol. The molecule has 1 aromatic heterocycles. The molecule has 0 aliphatic heterocycles. The van der Waals surface area contributed by atoms with Crippen molar-refractivity contribution in [2.24, 2.45) is 5.16 Å². The molecule has 0 unspecified atom stereocenters. The lowest BCUT2D eigenvalue weighted by Gasteiger charge is -1.99. The standard InChI is InChI=1S/C11H7BrClNO2/c12-9-3-1-7(5-10(9)13)11-4-2-8(16-11)6-14-15/h1-6,15H/b14-6-. The Morgan fingerprint density at radius 2 is 2.12 bits per heavy atom. The lowest BCUT2D eigenvalue weighted by Crippen LogP contribution is -1.76. The highest BCUT2D eigenvalue weighted by molar-refractivity contribution is 9.10. The monoisotopic (exact) mass is 299 g/mol. The van der Waals surface area contributed by atoms with Gasteiger partial charge in [-0.3, -0.25) is 0 Å². The van der Waals surface area contributed by atoms with Crippen LogP contribution in [0.15, 0.2) is 44.4 Å². The Balaban J connectivity index is 2.38. The van der Waals surface area contributed by atoms with Gasteiger partial charge in [0, 0.05) is 10.0 Å². The van der Waals surface area contributed by atoms with Gasteiger partial charge in [-0.25, -0.2) is 0 Å². The van der Waals surface area contributed by atoms with Crippen molar-refractivity contribution in [1.29, 1.82) is 0 Å².